The van der Waals surface area contributed by atoms with Crippen molar-refractivity contribution in [2.75, 3.05) is 26.4 Å². The van der Waals surface area contributed by atoms with Crippen LogP contribution in [0.2, 0.25) is 0 Å². The average molecular weight is 757 g/mol. The molecule has 0 spiro atoms. The van der Waals surface area contributed by atoms with Crippen LogP contribution in [0.5, 0.6) is 0 Å². The fourth-order valence-corrected chi connectivity index (χ4v) is 5.97. The van der Waals surface area contributed by atoms with Crippen molar-refractivity contribution in [3.8, 4) is 0 Å². The second-order valence-corrected chi connectivity index (χ2v) is 14.7. The topological polar surface area (TPSA) is 149 Å². The monoisotopic (exact) mass is 756 g/mol. The van der Waals surface area contributed by atoms with Gasteiger partial charge in [-0.15, -0.1) is 0 Å². The van der Waals surface area contributed by atoms with Crippen molar-refractivity contribution in [2.45, 2.75) is 174 Å². The minimum Gasteiger partial charge on any atom is -0.457 e. The fraction of sp³-hybridized carbons (Fsp3) is 0.756. The molecule has 0 saturated carbocycles. The molecule has 52 heavy (non-hydrogen) atoms. The van der Waals surface area contributed by atoms with E-state index in [2.05, 4.69) is 62.5 Å². The smallest absolute Gasteiger partial charge is 0.457 e. The third kappa shape index (κ3) is 35.0. The van der Waals surface area contributed by atoms with Gasteiger partial charge < -0.3 is 24.6 Å². The molecule has 3 atom stereocenters. The van der Waals surface area contributed by atoms with Crippen LogP contribution in [0.15, 0.2) is 48.6 Å². The average Bonchev–Trinajstić information content (AvgIpc) is 3.13. The molecule has 302 valence electrons. The van der Waals surface area contributed by atoms with Gasteiger partial charge in [-0.05, 0) is 70.6 Å². The van der Waals surface area contributed by atoms with E-state index in [1.54, 1.807) is 0 Å². The van der Waals surface area contributed by atoms with E-state index < -0.39 is 58.4 Å². The molecule has 0 aromatic carbocycles. The van der Waals surface area contributed by atoms with Crippen molar-refractivity contribution in [3.63, 3.8) is 0 Å². The zero-order valence-corrected chi connectivity index (χ0v) is 33.4. The second-order valence-electron chi connectivity index (χ2n) is 13.2. The standard InChI is InChI=1S/C41H73O10P/c1-3-5-7-9-11-13-15-17-19-21-23-25-27-29-31-33-41(45)51-39(35-43)37-49-52(46,47)48-36-38(34-42)50-40(44)32-30-28-26-24-22-20-18-16-14-12-10-8-6-4-2/h5,7,11,13,16-19,38-39,42-43H,3-4,6,8-10,12,14-15,20-37H2,1-2H3,(H,46,47)/b7-5-,13-11-,18-16-,19-17-. The van der Waals surface area contributed by atoms with E-state index >= 15 is 0 Å². The van der Waals surface area contributed by atoms with Crippen LogP contribution >= 0.6 is 7.82 Å². The molecule has 0 heterocycles. The van der Waals surface area contributed by atoms with Crippen LogP contribution in [0.4, 0.5) is 0 Å². The zero-order chi connectivity index (χ0) is 38.4. The van der Waals surface area contributed by atoms with Gasteiger partial charge in [-0.3, -0.25) is 18.6 Å². The third-order valence-corrected chi connectivity index (χ3v) is 9.23. The summed E-state index contributed by atoms with van der Waals surface area (Å²) in [7, 11) is -4.64. The van der Waals surface area contributed by atoms with Crippen LogP contribution in [0, 0.1) is 0 Å². The van der Waals surface area contributed by atoms with Gasteiger partial charge in [0.05, 0.1) is 26.4 Å². The van der Waals surface area contributed by atoms with Gasteiger partial charge in [-0.2, -0.15) is 0 Å². The number of aliphatic hydroxyl groups is 2. The van der Waals surface area contributed by atoms with Gasteiger partial charge in [0, 0.05) is 12.8 Å². The molecule has 0 aromatic rings. The summed E-state index contributed by atoms with van der Waals surface area (Å²) in [4.78, 5) is 34.4. The lowest BCUT2D eigenvalue weighted by molar-refractivity contribution is -0.153. The first-order valence-corrected chi connectivity index (χ1v) is 21.6. The van der Waals surface area contributed by atoms with Crippen LogP contribution in [0.25, 0.3) is 0 Å². The van der Waals surface area contributed by atoms with Crippen molar-refractivity contribution in [2.24, 2.45) is 0 Å². The highest BCUT2D eigenvalue weighted by Gasteiger charge is 2.27. The van der Waals surface area contributed by atoms with Gasteiger partial charge in [0.1, 0.15) is 12.2 Å². The Balaban J connectivity index is 4.00. The lowest BCUT2D eigenvalue weighted by Gasteiger charge is -2.20. The molecule has 0 amide bonds. The van der Waals surface area contributed by atoms with E-state index in [0.29, 0.717) is 12.8 Å². The molecule has 0 aliphatic carbocycles. The Morgan fingerprint density at radius 2 is 0.904 bits per heavy atom. The van der Waals surface area contributed by atoms with Gasteiger partial charge in [-0.25, -0.2) is 4.57 Å². The summed E-state index contributed by atoms with van der Waals surface area (Å²) < 4.78 is 32.5. The van der Waals surface area contributed by atoms with Crippen LogP contribution in [-0.2, 0) is 32.7 Å². The summed E-state index contributed by atoms with van der Waals surface area (Å²) in [5.74, 6) is -1.05. The highest BCUT2D eigenvalue weighted by Crippen LogP contribution is 2.43. The third-order valence-electron chi connectivity index (χ3n) is 8.28. The first-order chi connectivity index (χ1) is 25.3. The van der Waals surface area contributed by atoms with Crippen LogP contribution in [0.1, 0.15) is 162 Å². The fourth-order valence-electron chi connectivity index (χ4n) is 5.18. The molecule has 0 bridgehead atoms. The van der Waals surface area contributed by atoms with Gasteiger partial charge in [0.15, 0.2) is 0 Å². The Hall–Kier alpha value is -2.07. The van der Waals surface area contributed by atoms with Crippen molar-refractivity contribution >= 4 is 19.8 Å². The minimum atomic E-state index is -4.64. The molecule has 3 N–H and O–H groups in total. The molecule has 0 fully saturated rings. The summed E-state index contributed by atoms with van der Waals surface area (Å²) in [5, 5.41) is 19.1. The maximum absolute atomic E-state index is 12.3. The van der Waals surface area contributed by atoms with Gasteiger partial charge in [0.2, 0.25) is 0 Å². The first kappa shape index (κ1) is 49.9. The first-order valence-electron chi connectivity index (χ1n) is 20.1. The maximum atomic E-state index is 12.3. The molecular formula is C41H73O10P. The van der Waals surface area contributed by atoms with E-state index in [1.807, 2.05) is 0 Å². The number of esters is 2. The summed E-state index contributed by atoms with van der Waals surface area (Å²) in [6.07, 6.45) is 38.0. The number of hydrogen-bond donors (Lipinski definition) is 3. The molecule has 10 nitrogen and oxygen atoms in total. The van der Waals surface area contributed by atoms with Crippen molar-refractivity contribution in [3.05, 3.63) is 48.6 Å². The van der Waals surface area contributed by atoms with Crippen molar-refractivity contribution in [1.82, 2.24) is 0 Å². The quantitative estimate of drug-likeness (QED) is 0.0242. The Morgan fingerprint density at radius 3 is 1.33 bits per heavy atom. The van der Waals surface area contributed by atoms with Crippen molar-refractivity contribution < 1.29 is 47.8 Å². The largest absolute Gasteiger partial charge is 0.472 e. The van der Waals surface area contributed by atoms with Gasteiger partial charge >= 0.3 is 19.8 Å². The molecule has 0 radical (unpaired) electrons. The molecule has 0 rings (SSSR count). The molecule has 0 aliphatic rings. The SMILES string of the molecule is CC/C=C\C/C=C\C/C=C\CCCCCCCC(=O)OC(CO)COP(=O)(O)OCC(CO)OC(=O)CCCCCCC/C=C\CCCCCCC. The zero-order valence-electron chi connectivity index (χ0n) is 32.5. The van der Waals surface area contributed by atoms with Crippen LogP contribution in [0.3, 0.4) is 0 Å². The van der Waals surface area contributed by atoms with Crippen molar-refractivity contribution in [1.29, 1.82) is 0 Å². The van der Waals surface area contributed by atoms with E-state index in [4.69, 9.17) is 18.5 Å². The second kappa shape index (κ2) is 37.3. The molecule has 0 saturated heterocycles. The summed E-state index contributed by atoms with van der Waals surface area (Å²) in [6.45, 7) is 2.04. The number of rotatable bonds is 37. The number of aliphatic hydroxyl groups excluding tert-OH is 2. The van der Waals surface area contributed by atoms with Gasteiger partial charge in [0.25, 0.3) is 0 Å². The molecule has 11 heteroatoms. The Labute approximate surface area is 315 Å². The molecule has 0 aliphatic heterocycles. The Kier molecular flexibility index (Phi) is 35.8. The Morgan fingerprint density at radius 1 is 0.538 bits per heavy atom. The van der Waals surface area contributed by atoms with E-state index in [1.165, 1.54) is 32.1 Å². The lowest BCUT2D eigenvalue weighted by Crippen LogP contribution is -2.28. The molecular weight excluding hydrogens is 683 g/mol. The van der Waals surface area contributed by atoms with E-state index in [9.17, 15) is 29.3 Å². The number of carbonyl (C=O) groups is 2. The van der Waals surface area contributed by atoms with Crippen LogP contribution in [-0.4, -0.2) is 65.7 Å². The number of ether oxygens (including phenoxy) is 2. The normalized spacial score (nSPS) is 14.5. The van der Waals surface area contributed by atoms with E-state index in [0.717, 1.165) is 89.9 Å². The number of allylic oxidation sites excluding steroid dienone is 8. The number of hydrogen-bond acceptors (Lipinski definition) is 9. The summed E-state index contributed by atoms with van der Waals surface area (Å²) >= 11 is 0. The summed E-state index contributed by atoms with van der Waals surface area (Å²) in [5.41, 5.74) is 0. The highest BCUT2D eigenvalue weighted by molar-refractivity contribution is 7.47. The predicted molar refractivity (Wildman–Crippen MR) is 210 cm³/mol. The van der Waals surface area contributed by atoms with Crippen LogP contribution < -0.4 is 0 Å². The number of carbonyl (C=O) groups excluding carboxylic acids is 2. The number of phosphoric ester groups is 1. The maximum Gasteiger partial charge on any atom is 0.472 e. The Bertz CT molecular complexity index is 1010. The lowest BCUT2D eigenvalue weighted by atomic mass is 10.1. The minimum absolute atomic E-state index is 0.171. The van der Waals surface area contributed by atoms with E-state index in [-0.39, 0.29) is 12.8 Å². The number of phosphoric acid groups is 1. The van der Waals surface area contributed by atoms with Gasteiger partial charge in [-0.1, -0.05) is 127 Å². The summed E-state index contributed by atoms with van der Waals surface area (Å²) in [6, 6.07) is 0. The highest BCUT2D eigenvalue weighted by atomic mass is 31.2. The number of unbranched alkanes of at least 4 members (excludes halogenated alkanes) is 15. The predicted octanol–water partition coefficient (Wildman–Crippen LogP) is 10.2. The molecule has 0 aromatic heterocycles. The molecule has 3 unspecified atom stereocenters.